The zero-order valence-electron chi connectivity index (χ0n) is 10.5. The van der Waals surface area contributed by atoms with Crippen molar-refractivity contribution in [3.05, 3.63) is 21.9 Å². The van der Waals surface area contributed by atoms with Crippen LogP contribution in [0.3, 0.4) is 0 Å². The van der Waals surface area contributed by atoms with E-state index in [1.807, 2.05) is 6.92 Å². The van der Waals surface area contributed by atoms with E-state index in [4.69, 9.17) is 0 Å². The van der Waals surface area contributed by atoms with E-state index in [2.05, 4.69) is 29.0 Å². The molecule has 2 rings (SSSR count). The Morgan fingerprint density at radius 1 is 1.65 bits per heavy atom. The Morgan fingerprint density at radius 3 is 3.00 bits per heavy atom. The Labute approximate surface area is 107 Å². The second kappa shape index (κ2) is 5.65. The van der Waals surface area contributed by atoms with Crippen LogP contribution in [0.2, 0.25) is 0 Å². The second-order valence-corrected chi connectivity index (χ2v) is 5.65. The summed E-state index contributed by atoms with van der Waals surface area (Å²) in [5, 5.41) is 8.36. The van der Waals surface area contributed by atoms with Crippen molar-refractivity contribution in [2.24, 2.45) is 11.8 Å². The van der Waals surface area contributed by atoms with Gasteiger partial charge in [0, 0.05) is 10.8 Å². The van der Waals surface area contributed by atoms with E-state index in [0.717, 1.165) is 19.5 Å². The fraction of sp³-hybridized carbons (Fsp3) is 0.615. The molecule has 1 aliphatic rings. The standard InChI is InChI=1S/C13H20N2OS/c1-3-10-4-5-17-12(10)8-15-13(16)9(2)11-6-14-7-11/h4-5,9,11,14H,3,6-8H2,1-2H3,(H,15,16). The molecule has 94 valence electrons. The summed E-state index contributed by atoms with van der Waals surface area (Å²) in [6.45, 7) is 6.82. The maximum Gasteiger partial charge on any atom is 0.223 e. The third-order valence-corrected chi connectivity index (χ3v) is 4.54. The van der Waals surface area contributed by atoms with E-state index in [9.17, 15) is 4.79 Å². The summed E-state index contributed by atoms with van der Waals surface area (Å²) < 4.78 is 0. The molecule has 1 atom stereocenters. The molecule has 0 bridgehead atoms. The van der Waals surface area contributed by atoms with Gasteiger partial charge >= 0.3 is 0 Å². The molecule has 0 radical (unpaired) electrons. The molecular weight excluding hydrogens is 232 g/mol. The Hall–Kier alpha value is -0.870. The van der Waals surface area contributed by atoms with Gasteiger partial charge in [-0.25, -0.2) is 0 Å². The predicted octanol–water partition coefficient (Wildman–Crippen LogP) is 1.78. The highest BCUT2D eigenvalue weighted by Crippen LogP contribution is 2.19. The summed E-state index contributed by atoms with van der Waals surface area (Å²) in [6.07, 6.45) is 1.04. The van der Waals surface area contributed by atoms with Crippen molar-refractivity contribution in [2.75, 3.05) is 13.1 Å². The first kappa shape index (κ1) is 12.6. The Morgan fingerprint density at radius 2 is 2.41 bits per heavy atom. The molecule has 2 N–H and O–H groups in total. The first-order valence-corrected chi connectivity index (χ1v) is 7.14. The van der Waals surface area contributed by atoms with Crippen LogP contribution in [0.4, 0.5) is 0 Å². The summed E-state index contributed by atoms with van der Waals surface area (Å²) in [4.78, 5) is 13.2. The molecular formula is C13H20N2OS. The molecule has 1 amide bonds. The SMILES string of the molecule is CCc1ccsc1CNC(=O)C(C)C1CNC1. The van der Waals surface area contributed by atoms with E-state index in [1.54, 1.807) is 11.3 Å². The maximum atomic E-state index is 11.9. The lowest BCUT2D eigenvalue weighted by Crippen LogP contribution is -2.49. The number of nitrogens with one attached hydrogen (secondary N) is 2. The largest absolute Gasteiger partial charge is 0.351 e. The van der Waals surface area contributed by atoms with Crippen molar-refractivity contribution in [1.29, 1.82) is 0 Å². The zero-order chi connectivity index (χ0) is 12.3. The van der Waals surface area contributed by atoms with Gasteiger partial charge in [-0.2, -0.15) is 0 Å². The molecule has 0 aliphatic carbocycles. The van der Waals surface area contributed by atoms with Crippen LogP contribution < -0.4 is 10.6 Å². The molecule has 0 saturated carbocycles. The van der Waals surface area contributed by atoms with Gasteiger partial charge in [-0.1, -0.05) is 13.8 Å². The molecule has 0 spiro atoms. The average molecular weight is 252 g/mol. The van der Waals surface area contributed by atoms with Crippen LogP contribution in [0, 0.1) is 11.8 Å². The van der Waals surface area contributed by atoms with Gasteiger partial charge in [0.05, 0.1) is 6.54 Å². The average Bonchev–Trinajstić information content (AvgIpc) is 2.70. The Kier molecular flexibility index (Phi) is 4.18. The van der Waals surface area contributed by atoms with Crippen LogP contribution in [-0.2, 0) is 17.8 Å². The molecule has 1 aromatic rings. The highest BCUT2D eigenvalue weighted by molar-refractivity contribution is 7.10. The Bertz CT molecular complexity index is 385. The number of aryl methyl sites for hydroxylation is 1. The summed E-state index contributed by atoms with van der Waals surface area (Å²) >= 11 is 1.73. The quantitative estimate of drug-likeness (QED) is 0.839. The van der Waals surface area contributed by atoms with Crippen molar-refractivity contribution >= 4 is 17.2 Å². The van der Waals surface area contributed by atoms with Gasteiger partial charge in [-0.3, -0.25) is 4.79 Å². The van der Waals surface area contributed by atoms with Crippen molar-refractivity contribution in [3.8, 4) is 0 Å². The van der Waals surface area contributed by atoms with Crippen LogP contribution in [0.15, 0.2) is 11.4 Å². The number of thiophene rings is 1. The first-order valence-electron chi connectivity index (χ1n) is 6.26. The van der Waals surface area contributed by atoms with Gasteiger partial charge in [0.15, 0.2) is 0 Å². The first-order chi connectivity index (χ1) is 8.22. The number of carbonyl (C=O) groups is 1. The van der Waals surface area contributed by atoms with Crippen LogP contribution in [0.5, 0.6) is 0 Å². The molecule has 1 fully saturated rings. The molecule has 1 aromatic heterocycles. The lowest BCUT2D eigenvalue weighted by molar-refractivity contribution is -0.126. The molecule has 1 unspecified atom stereocenters. The minimum Gasteiger partial charge on any atom is -0.351 e. The lowest BCUT2D eigenvalue weighted by atomic mass is 9.88. The molecule has 2 heterocycles. The van der Waals surface area contributed by atoms with E-state index < -0.39 is 0 Å². The fourth-order valence-corrected chi connectivity index (χ4v) is 2.96. The lowest BCUT2D eigenvalue weighted by Gasteiger charge is -2.31. The number of amides is 1. The molecule has 4 heteroatoms. The van der Waals surface area contributed by atoms with Crippen molar-refractivity contribution in [2.45, 2.75) is 26.8 Å². The van der Waals surface area contributed by atoms with Crippen LogP contribution in [-0.4, -0.2) is 19.0 Å². The minimum absolute atomic E-state index is 0.126. The van der Waals surface area contributed by atoms with E-state index in [-0.39, 0.29) is 11.8 Å². The van der Waals surface area contributed by atoms with E-state index in [1.165, 1.54) is 10.4 Å². The van der Waals surface area contributed by atoms with Crippen LogP contribution in [0.1, 0.15) is 24.3 Å². The monoisotopic (exact) mass is 252 g/mol. The number of rotatable bonds is 5. The number of hydrogen-bond acceptors (Lipinski definition) is 3. The predicted molar refractivity (Wildman–Crippen MR) is 71.1 cm³/mol. The van der Waals surface area contributed by atoms with E-state index in [0.29, 0.717) is 12.5 Å². The fourth-order valence-electron chi connectivity index (χ4n) is 2.04. The highest BCUT2D eigenvalue weighted by Gasteiger charge is 2.28. The maximum absolute atomic E-state index is 11.9. The summed E-state index contributed by atoms with van der Waals surface area (Å²) in [7, 11) is 0. The Balaban J connectivity index is 1.83. The van der Waals surface area contributed by atoms with E-state index >= 15 is 0 Å². The van der Waals surface area contributed by atoms with Gasteiger partial charge in [0.25, 0.3) is 0 Å². The highest BCUT2D eigenvalue weighted by atomic mass is 32.1. The molecule has 3 nitrogen and oxygen atoms in total. The van der Waals surface area contributed by atoms with Gasteiger partial charge in [-0.05, 0) is 42.4 Å². The van der Waals surface area contributed by atoms with Gasteiger partial charge in [0.1, 0.15) is 0 Å². The normalized spacial score (nSPS) is 17.5. The van der Waals surface area contributed by atoms with Gasteiger partial charge in [0.2, 0.25) is 5.91 Å². The summed E-state index contributed by atoms with van der Waals surface area (Å²) in [5.74, 6) is 0.831. The molecule has 0 aromatic carbocycles. The number of carbonyl (C=O) groups excluding carboxylic acids is 1. The van der Waals surface area contributed by atoms with Crippen molar-refractivity contribution in [3.63, 3.8) is 0 Å². The van der Waals surface area contributed by atoms with Crippen LogP contribution in [0.25, 0.3) is 0 Å². The molecule has 1 aliphatic heterocycles. The summed E-state index contributed by atoms with van der Waals surface area (Å²) in [6, 6.07) is 2.14. The topological polar surface area (TPSA) is 41.1 Å². The van der Waals surface area contributed by atoms with Gasteiger partial charge in [-0.15, -0.1) is 11.3 Å². The van der Waals surface area contributed by atoms with Crippen molar-refractivity contribution < 1.29 is 4.79 Å². The third-order valence-electron chi connectivity index (χ3n) is 3.58. The van der Waals surface area contributed by atoms with Crippen molar-refractivity contribution in [1.82, 2.24) is 10.6 Å². The third kappa shape index (κ3) is 2.87. The van der Waals surface area contributed by atoms with Crippen LogP contribution >= 0.6 is 11.3 Å². The minimum atomic E-state index is 0.126. The molecule has 17 heavy (non-hydrogen) atoms. The zero-order valence-corrected chi connectivity index (χ0v) is 11.3. The number of hydrogen-bond donors (Lipinski definition) is 2. The van der Waals surface area contributed by atoms with Gasteiger partial charge < -0.3 is 10.6 Å². The molecule has 1 saturated heterocycles. The smallest absolute Gasteiger partial charge is 0.223 e. The second-order valence-electron chi connectivity index (χ2n) is 4.65. The summed E-state index contributed by atoms with van der Waals surface area (Å²) in [5.41, 5.74) is 1.35.